The maximum Gasteiger partial charge on any atom is 0.234 e. The normalized spacial score (nSPS) is 18.5. The summed E-state index contributed by atoms with van der Waals surface area (Å²) in [6.07, 6.45) is 2.34. The van der Waals surface area contributed by atoms with Gasteiger partial charge in [0.1, 0.15) is 11.9 Å². The second kappa shape index (κ2) is 6.78. The van der Waals surface area contributed by atoms with Crippen LogP contribution >= 0.6 is 11.6 Å². The number of hydrogen-bond donors (Lipinski definition) is 0. The van der Waals surface area contributed by atoms with E-state index in [-0.39, 0.29) is 17.6 Å². The summed E-state index contributed by atoms with van der Waals surface area (Å²) in [4.78, 5) is 29.7. The van der Waals surface area contributed by atoms with Crippen LogP contribution in [0.4, 0.5) is 5.82 Å². The summed E-state index contributed by atoms with van der Waals surface area (Å²) >= 11 is 6.32. The summed E-state index contributed by atoms with van der Waals surface area (Å²) in [7, 11) is 0. The van der Waals surface area contributed by atoms with Crippen molar-refractivity contribution in [3.63, 3.8) is 0 Å². The van der Waals surface area contributed by atoms with E-state index in [9.17, 15) is 4.79 Å². The molecule has 4 rings (SSSR count). The fourth-order valence-corrected chi connectivity index (χ4v) is 4.03. The molecule has 0 bridgehead atoms. The SMILES string of the molecule is Cc1nc2c(c(C)c1Cl)CN(C(=O)C1CCN(c3ccnc(C#N)n3)C1)C2. The molecular weight excluding hydrogens is 364 g/mol. The Balaban J connectivity index is 1.47. The molecule has 1 atom stereocenters. The van der Waals surface area contributed by atoms with Crippen molar-refractivity contribution >= 4 is 23.3 Å². The first-order valence-corrected chi connectivity index (χ1v) is 9.27. The van der Waals surface area contributed by atoms with Gasteiger partial charge in [-0.1, -0.05) is 11.6 Å². The number of anilines is 1. The Morgan fingerprint density at radius 3 is 2.93 bits per heavy atom. The Bertz CT molecular complexity index is 969. The zero-order valence-electron chi connectivity index (χ0n) is 15.2. The average Bonchev–Trinajstić information content (AvgIpc) is 3.33. The van der Waals surface area contributed by atoms with Crippen LogP contribution in [0.2, 0.25) is 5.02 Å². The van der Waals surface area contributed by atoms with E-state index in [4.69, 9.17) is 16.9 Å². The van der Waals surface area contributed by atoms with Gasteiger partial charge < -0.3 is 9.80 Å². The van der Waals surface area contributed by atoms with Gasteiger partial charge in [-0.3, -0.25) is 9.78 Å². The number of aryl methyl sites for hydroxylation is 1. The minimum Gasteiger partial charge on any atom is -0.356 e. The zero-order chi connectivity index (χ0) is 19.1. The molecule has 4 heterocycles. The van der Waals surface area contributed by atoms with E-state index < -0.39 is 0 Å². The van der Waals surface area contributed by atoms with Gasteiger partial charge in [-0.2, -0.15) is 5.26 Å². The molecule has 1 unspecified atom stereocenters. The standard InChI is InChI=1S/C19H19ClN6O/c1-11-14-9-26(10-15(14)23-12(2)18(11)20)19(27)13-4-6-25(8-13)17-3-5-22-16(7-21)24-17/h3,5,13H,4,6,8-10H2,1-2H3. The molecule has 0 spiro atoms. The molecule has 0 saturated carbocycles. The largest absolute Gasteiger partial charge is 0.356 e. The van der Waals surface area contributed by atoms with Gasteiger partial charge >= 0.3 is 0 Å². The van der Waals surface area contributed by atoms with Crippen molar-refractivity contribution in [1.82, 2.24) is 19.9 Å². The topological polar surface area (TPSA) is 86.0 Å². The van der Waals surface area contributed by atoms with Gasteiger partial charge in [0.25, 0.3) is 0 Å². The van der Waals surface area contributed by atoms with Crippen LogP contribution in [0.1, 0.15) is 34.8 Å². The predicted octanol–water partition coefficient (Wildman–Crippen LogP) is 2.38. The van der Waals surface area contributed by atoms with Crippen molar-refractivity contribution in [2.45, 2.75) is 33.4 Å². The molecule has 138 valence electrons. The molecule has 1 saturated heterocycles. The number of hydrogen-bond acceptors (Lipinski definition) is 6. The zero-order valence-corrected chi connectivity index (χ0v) is 16.0. The van der Waals surface area contributed by atoms with E-state index in [1.165, 1.54) is 0 Å². The third-order valence-corrected chi connectivity index (χ3v) is 5.91. The Labute approximate surface area is 162 Å². The van der Waals surface area contributed by atoms with Gasteiger partial charge in [0.2, 0.25) is 11.7 Å². The Morgan fingerprint density at radius 1 is 1.33 bits per heavy atom. The maximum atomic E-state index is 13.1. The molecule has 0 radical (unpaired) electrons. The van der Waals surface area contributed by atoms with Crippen LogP contribution in [-0.2, 0) is 17.9 Å². The first-order valence-electron chi connectivity index (χ1n) is 8.89. The van der Waals surface area contributed by atoms with Gasteiger partial charge in [-0.05, 0) is 37.5 Å². The second-order valence-electron chi connectivity index (χ2n) is 7.04. The smallest absolute Gasteiger partial charge is 0.234 e. The molecule has 1 amide bonds. The van der Waals surface area contributed by atoms with E-state index in [1.807, 2.05) is 29.7 Å². The maximum absolute atomic E-state index is 13.1. The molecule has 2 aromatic rings. The highest BCUT2D eigenvalue weighted by Crippen LogP contribution is 2.32. The van der Waals surface area contributed by atoms with E-state index in [0.29, 0.717) is 30.5 Å². The number of fused-ring (bicyclic) bond motifs is 1. The summed E-state index contributed by atoms with van der Waals surface area (Å²) in [5.41, 5.74) is 3.86. The fourth-order valence-electron chi connectivity index (χ4n) is 3.87. The summed E-state index contributed by atoms with van der Waals surface area (Å²) < 4.78 is 0. The van der Waals surface area contributed by atoms with Gasteiger partial charge in [0, 0.05) is 25.8 Å². The highest BCUT2D eigenvalue weighted by atomic mass is 35.5. The number of nitriles is 1. The highest BCUT2D eigenvalue weighted by molar-refractivity contribution is 6.32. The minimum atomic E-state index is -0.0864. The third-order valence-electron chi connectivity index (χ3n) is 5.35. The van der Waals surface area contributed by atoms with Gasteiger partial charge in [0.05, 0.1) is 28.9 Å². The Kier molecular flexibility index (Phi) is 4.44. The Hall–Kier alpha value is -2.72. The quantitative estimate of drug-likeness (QED) is 0.792. The van der Waals surface area contributed by atoms with Crippen LogP contribution < -0.4 is 4.90 Å². The minimum absolute atomic E-state index is 0.0864. The van der Waals surface area contributed by atoms with Crippen LogP contribution in [0.3, 0.4) is 0 Å². The average molecular weight is 383 g/mol. The second-order valence-corrected chi connectivity index (χ2v) is 7.42. The van der Waals surface area contributed by atoms with Crippen LogP contribution in [-0.4, -0.2) is 38.8 Å². The predicted molar refractivity (Wildman–Crippen MR) is 100 cm³/mol. The van der Waals surface area contributed by atoms with Crippen LogP contribution in [0.25, 0.3) is 0 Å². The number of halogens is 1. The van der Waals surface area contributed by atoms with Crippen molar-refractivity contribution < 1.29 is 4.79 Å². The van der Waals surface area contributed by atoms with E-state index >= 15 is 0 Å². The molecule has 2 aliphatic heterocycles. The molecule has 8 heteroatoms. The van der Waals surface area contributed by atoms with Crippen molar-refractivity contribution in [3.05, 3.63) is 45.6 Å². The lowest BCUT2D eigenvalue weighted by Gasteiger charge is -2.21. The number of aromatic nitrogens is 3. The molecule has 0 aromatic carbocycles. The van der Waals surface area contributed by atoms with E-state index in [0.717, 1.165) is 35.5 Å². The number of rotatable bonds is 2. The van der Waals surface area contributed by atoms with Gasteiger partial charge in [-0.15, -0.1) is 0 Å². The van der Waals surface area contributed by atoms with Crippen LogP contribution in [0.15, 0.2) is 12.3 Å². The highest BCUT2D eigenvalue weighted by Gasteiger charge is 2.35. The van der Waals surface area contributed by atoms with Crippen LogP contribution in [0.5, 0.6) is 0 Å². The molecule has 2 aliphatic rings. The van der Waals surface area contributed by atoms with Gasteiger partial charge in [-0.25, -0.2) is 9.97 Å². The van der Waals surface area contributed by atoms with Gasteiger partial charge in [0.15, 0.2) is 0 Å². The van der Waals surface area contributed by atoms with Crippen molar-refractivity contribution in [2.75, 3.05) is 18.0 Å². The van der Waals surface area contributed by atoms with Crippen molar-refractivity contribution in [1.29, 1.82) is 5.26 Å². The first kappa shape index (κ1) is 17.7. The number of carbonyl (C=O) groups excluding carboxylic acids is 1. The fraction of sp³-hybridized carbons (Fsp3) is 0.421. The lowest BCUT2D eigenvalue weighted by Crippen LogP contribution is -2.34. The van der Waals surface area contributed by atoms with E-state index in [1.54, 1.807) is 12.3 Å². The Morgan fingerprint density at radius 2 is 2.15 bits per heavy atom. The molecule has 27 heavy (non-hydrogen) atoms. The summed E-state index contributed by atoms with van der Waals surface area (Å²) in [6, 6.07) is 3.73. The van der Waals surface area contributed by atoms with Crippen molar-refractivity contribution in [2.24, 2.45) is 5.92 Å². The molecule has 0 aliphatic carbocycles. The molecule has 7 nitrogen and oxygen atoms in total. The number of nitrogens with zero attached hydrogens (tertiary/aromatic N) is 6. The summed E-state index contributed by atoms with van der Waals surface area (Å²) in [6.45, 7) is 6.32. The molecule has 0 N–H and O–H groups in total. The lowest BCUT2D eigenvalue weighted by atomic mass is 10.1. The lowest BCUT2D eigenvalue weighted by molar-refractivity contribution is -0.135. The first-order chi connectivity index (χ1) is 13.0. The molecular formula is C19H19ClN6O. The summed E-state index contributed by atoms with van der Waals surface area (Å²) in [5, 5.41) is 9.65. The number of carbonyl (C=O) groups is 1. The number of amides is 1. The van der Waals surface area contributed by atoms with Crippen LogP contribution in [0, 0.1) is 31.1 Å². The monoisotopic (exact) mass is 382 g/mol. The van der Waals surface area contributed by atoms with Crippen molar-refractivity contribution in [3.8, 4) is 6.07 Å². The molecule has 1 fully saturated rings. The van der Waals surface area contributed by atoms with E-state index in [2.05, 4.69) is 15.0 Å². The molecule has 2 aromatic heterocycles. The summed E-state index contributed by atoms with van der Waals surface area (Å²) in [5.74, 6) is 0.891. The number of pyridine rings is 1. The third kappa shape index (κ3) is 3.10.